The van der Waals surface area contributed by atoms with E-state index in [-0.39, 0.29) is 6.04 Å². The van der Waals surface area contributed by atoms with Gasteiger partial charge in [0.15, 0.2) is 0 Å². The Kier molecular flexibility index (Phi) is 4.94. The van der Waals surface area contributed by atoms with Gasteiger partial charge in [-0.25, -0.2) is 0 Å². The Morgan fingerprint density at radius 3 is 2.40 bits per heavy atom. The Bertz CT molecular complexity index is 560. The van der Waals surface area contributed by atoms with Crippen LogP contribution in [0.15, 0.2) is 42.5 Å². The van der Waals surface area contributed by atoms with Crippen LogP contribution in [0.25, 0.3) is 0 Å². The predicted molar refractivity (Wildman–Crippen MR) is 84.0 cm³/mol. The molecule has 0 aliphatic rings. The number of hydrogen-bond donors (Lipinski definition) is 1. The third-order valence-electron chi connectivity index (χ3n) is 3.70. The van der Waals surface area contributed by atoms with Crippen molar-refractivity contribution in [2.75, 3.05) is 13.7 Å². The van der Waals surface area contributed by atoms with E-state index < -0.39 is 0 Å². The van der Waals surface area contributed by atoms with Gasteiger partial charge in [-0.3, -0.25) is 0 Å². The lowest BCUT2D eigenvalue weighted by Crippen LogP contribution is -2.13. The Morgan fingerprint density at radius 1 is 1.05 bits per heavy atom. The smallest absolute Gasteiger partial charge is 0.0554 e. The second-order valence-electron chi connectivity index (χ2n) is 5.32. The highest BCUT2D eigenvalue weighted by atomic mass is 16.5. The molecule has 1 unspecified atom stereocenters. The monoisotopic (exact) mass is 269 g/mol. The molecule has 0 spiro atoms. The average molecular weight is 269 g/mol. The molecule has 0 radical (unpaired) electrons. The summed E-state index contributed by atoms with van der Waals surface area (Å²) in [5.74, 6) is 0. The molecule has 0 bridgehead atoms. The lowest BCUT2D eigenvalue weighted by atomic mass is 9.93. The Balaban J connectivity index is 2.20. The fourth-order valence-corrected chi connectivity index (χ4v) is 2.39. The van der Waals surface area contributed by atoms with Gasteiger partial charge < -0.3 is 10.5 Å². The van der Waals surface area contributed by atoms with Gasteiger partial charge in [-0.1, -0.05) is 48.0 Å². The van der Waals surface area contributed by atoms with E-state index in [4.69, 9.17) is 10.5 Å². The SMILES string of the molecule is COCCc1ccc(C(N)c2cc(C)ccc2C)cc1. The summed E-state index contributed by atoms with van der Waals surface area (Å²) in [7, 11) is 1.73. The van der Waals surface area contributed by atoms with Crippen molar-refractivity contribution in [3.8, 4) is 0 Å². The summed E-state index contributed by atoms with van der Waals surface area (Å²) in [4.78, 5) is 0. The molecule has 2 rings (SSSR count). The first-order chi connectivity index (χ1) is 9.61. The fourth-order valence-electron chi connectivity index (χ4n) is 2.39. The molecule has 0 fully saturated rings. The van der Waals surface area contributed by atoms with Gasteiger partial charge in [-0.05, 0) is 42.5 Å². The Morgan fingerprint density at radius 2 is 1.75 bits per heavy atom. The van der Waals surface area contributed by atoms with Crippen LogP contribution in [0, 0.1) is 13.8 Å². The quantitative estimate of drug-likeness (QED) is 0.901. The number of methoxy groups -OCH3 is 1. The van der Waals surface area contributed by atoms with E-state index in [0.29, 0.717) is 0 Å². The summed E-state index contributed by atoms with van der Waals surface area (Å²) < 4.78 is 5.10. The van der Waals surface area contributed by atoms with Crippen LogP contribution in [0.1, 0.15) is 33.9 Å². The number of benzene rings is 2. The third-order valence-corrected chi connectivity index (χ3v) is 3.70. The zero-order chi connectivity index (χ0) is 14.5. The van der Waals surface area contributed by atoms with Crippen molar-refractivity contribution in [1.29, 1.82) is 0 Å². The van der Waals surface area contributed by atoms with Gasteiger partial charge >= 0.3 is 0 Å². The molecule has 20 heavy (non-hydrogen) atoms. The van der Waals surface area contributed by atoms with E-state index in [1.54, 1.807) is 7.11 Å². The number of ether oxygens (including phenoxy) is 1. The molecule has 2 aromatic carbocycles. The molecule has 0 aromatic heterocycles. The van der Waals surface area contributed by atoms with Gasteiger partial charge in [0.05, 0.1) is 12.6 Å². The highest BCUT2D eigenvalue weighted by molar-refractivity contribution is 5.39. The molecular formula is C18H23NO. The van der Waals surface area contributed by atoms with Crippen LogP contribution in [0.2, 0.25) is 0 Å². The summed E-state index contributed by atoms with van der Waals surface area (Å²) >= 11 is 0. The first-order valence-corrected chi connectivity index (χ1v) is 7.02. The molecule has 2 heteroatoms. The van der Waals surface area contributed by atoms with Gasteiger partial charge in [0.1, 0.15) is 0 Å². The van der Waals surface area contributed by atoms with E-state index in [9.17, 15) is 0 Å². The lowest BCUT2D eigenvalue weighted by Gasteiger charge is -2.16. The number of nitrogens with two attached hydrogens (primary N) is 1. The minimum absolute atomic E-state index is 0.0635. The molecule has 0 aliphatic carbocycles. The van der Waals surface area contributed by atoms with E-state index in [0.717, 1.165) is 18.6 Å². The van der Waals surface area contributed by atoms with Crippen LogP contribution >= 0.6 is 0 Å². The van der Waals surface area contributed by atoms with Gasteiger partial charge in [-0.15, -0.1) is 0 Å². The van der Waals surface area contributed by atoms with Gasteiger partial charge in [0, 0.05) is 7.11 Å². The van der Waals surface area contributed by atoms with Crippen molar-refractivity contribution in [2.24, 2.45) is 5.73 Å². The van der Waals surface area contributed by atoms with Crippen LogP contribution in [0.4, 0.5) is 0 Å². The number of hydrogen-bond acceptors (Lipinski definition) is 2. The van der Waals surface area contributed by atoms with Gasteiger partial charge in [-0.2, -0.15) is 0 Å². The molecule has 0 aliphatic heterocycles. The van der Waals surface area contributed by atoms with Crippen LogP contribution in [-0.4, -0.2) is 13.7 Å². The van der Waals surface area contributed by atoms with Crippen LogP contribution in [0.3, 0.4) is 0 Å². The highest BCUT2D eigenvalue weighted by Crippen LogP contribution is 2.24. The summed E-state index contributed by atoms with van der Waals surface area (Å²) in [5, 5.41) is 0. The standard InChI is InChI=1S/C18H23NO/c1-13-4-5-14(2)17(12-13)18(19)16-8-6-15(7-9-16)10-11-20-3/h4-9,12,18H,10-11,19H2,1-3H3. The van der Waals surface area contributed by atoms with E-state index in [1.165, 1.54) is 22.3 Å². The molecule has 2 aromatic rings. The predicted octanol–water partition coefficient (Wildman–Crippen LogP) is 3.54. The summed E-state index contributed by atoms with van der Waals surface area (Å²) in [6.45, 7) is 4.97. The van der Waals surface area contributed by atoms with Crippen molar-refractivity contribution in [3.05, 3.63) is 70.3 Å². The van der Waals surface area contributed by atoms with E-state index in [2.05, 4.69) is 56.3 Å². The molecule has 0 saturated heterocycles. The number of aryl methyl sites for hydroxylation is 2. The lowest BCUT2D eigenvalue weighted by molar-refractivity contribution is 0.202. The third kappa shape index (κ3) is 3.47. The minimum atomic E-state index is -0.0635. The second-order valence-corrected chi connectivity index (χ2v) is 5.32. The van der Waals surface area contributed by atoms with Crippen molar-refractivity contribution < 1.29 is 4.74 Å². The molecule has 2 N–H and O–H groups in total. The summed E-state index contributed by atoms with van der Waals surface area (Å²) in [6, 6.07) is 14.9. The highest BCUT2D eigenvalue weighted by Gasteiger charge is 2.11. The van der Waals surface area contributed by atoms with Crippen molar-refractivity contribution >= 4 is 0 Å². The van der Waals surface area contributed by atoms with Crippen LogP contribution in [-0.2, 0) is 11.2 Å². The summed E-state index contributed by atoms with van der Waals surface area (Å²) in [5.41, 5.74) is 12.5. The minimum Gasteiger partial charge on any atom is -0.384 e. The Hall–Kier alpha value is -1.64. The number of rotatable bonds is 5. The maximum absolute atomic E-state index is 6.41. The first kappa shape index (κ1) is 14.8. The van der Waals surface area contributed by atoms with E-state index in [1.807, 2.05) is 0 Å². The molecule has 2 nitrogen and oxygen atoms in total. The van der Waals surface area contributed by atoms with Crippen LogP contribution < -0.4 is 5.73 Å². The zero-order valence-electron chi connectivity index (χ0n) is 12.5. The molecule has 0 heterocycles. The molecule has 106 valence electrons. The maximum atomic E-state index is 6.41. The van der Waals surface area contributed by atoms with Gasteiger partial charge in [0.2, 0.25) is 0 Å². The maximum Gasteiger partial charge on any atom is 0.0554 e. The van der Waals surface area contributed by atoms with E-state index >= 15 is 0 Å². The molecule has 0 amide bonds. The average Bonchev–Trinajstić information content (AvgIpc) is 2.47. The van der Waals surface area contributed by atoms with Crippen LogP contribution in [0.5, 0.6) is 0 Å². The van der Waals surface area contributed by atoms with Gasteiger partial charge in [0.25, 0.3) is 0 Å². The summed E-state index contributed by atoms with van der Waals surface area (Å²) in [6.07, 6.45) is 0.940. The fraction of sp³-hybridized carbons (Fsp3) is 0.333. The topological polar surface area (TPSA) is 35.2 Å². The first-order valence-electron chi connectivity index (χ1n) is 7.02. The normalized spacial score (nSPS) is 12.4. The zero-order valence-corrected chi connectivity index (χ0v) is 12.5. The molecule has 0 saturated carbocycles. The Labute approximate surface area is 121 Å². The second kappa shape index (κ2) is 6.69. The molecule has 1 atom stereocenters. The van der Waals surface area contributed by atoms with Crippen molar-refractivity contribution in [3.63, 3.8) is 0 Å². The molecular weight excluding hydrogens is 246 g/mol. The van der Waals surface area contributed by atoms with Crippen molar-refractivity contribution in [1.82, 2.24) is 0 Å². The largest absolute Gasteiger partial charge is 0.384 e. The van der Waals surface area contributed by atoms with Crippen molar-refractivity contribution in [2.45, 2.75) is 26.3 Å².